The van der Waals surface area contributed by atoms with Gasteiger partial charge in [-0.3, -0.25) is 0 Å². The fourth-order valence-electron chi connectivity index (χ4n) is 2.21. The van der Waals surface area contributed by atoms with Gasteiger partial charge in [0.1, 0.15) is 18.2 Å². The van der Waals surface area contributed by atoms with Crippen LogP contribution in [0.2, 0.25) is 0 Å². The molecule has 3 aromatic rings. The maximum Gasteiger partial charge on any atom is 0.345 e. The van der Waals surface area contributed by atoms with E-state index in [1.54, 1.807) is 36.4 Å². The van der Waals surface area contributed by atoms with E-state index >= 15 is 0 Å². The van der Waals surface area contributed by atoms with Gasteiger partial charge in [-0.2, -0.15) is 0 Å². The summed E-state index contributed by atoms with van der Waals surface area (Å²) in [6, 6.07) is 22.1. The van der Waals surface area contributed by atoms with Gasteiger partial charge in [0.15, 0.2) is 0 Å². The summed E-state index contributed by atoms with van der Waals surface area (Å²) in [5, 5.41) is 2.66. The predicted molar refractivity (Wildman–Crippen MR) is 100 cm³/mol. The molecule has 0 aromatic heterocycles. The van der Waals surface area contributed by atoms with Crippen LogP contribution in [0.15, 0.2) is 83.9 Å². The highest BCUT2D eigenvalue weighted by Gasteiger charge is 2.01. The van der Waals surface area contributed by atoms with Crippen LogP contribution in [0, 0.1) is 5.82 Å². The number of ether oxygens (including phenoxy) is 1. The molecule has 0 saturated heterocycles. The van der Waals surface area contributed by atoms with Crippen molar-refractivity contribution < 1.29 is 13.9 Å². The lowest BCUT2D eigenvalue weighted by molar-refractivity contribution is 0.259. The quantitative estimate of drug-likeness (QED) is 0.656. The zero-order valence-electron chi connectivity index (χ0n) is 13.9. The molecule has 0 aliphatic carbocycles. The average Bonchev–Trinajstić information content (AvgIpc) is 2.68. The monoisotopic (exact) mass is 348 g/mol. The molecule has 0 spiro atoms. The van der Waals surface area contributed by atoms with Crippen molar-refractivity contribution >= 4 is 17.9 Å². The first-order chi connectivity index (χ1) is 12.7. The van der Waals surface area contributed by atoms with Crippen LogP contribution >= 0.6 is 0 Å². The summed E-state index contributed by atoms with van der Waals surface area (Å²) in [7, 11) is 0. The van der Waals surface area contributed by atoms with Gasteiger partial charge in [-0.15, -0.1) is 0 Å². The summed E-state index contributed by atoms with van der Waals surface area (Å²) in [5.74, 6) is 0.378. The first-order valence-corrected chi connectivity index (χ1v) is 8.06. The average molecular weight is 348 g/mol. The lowest BCUT2D eigenvalue weighted by Gasteiger charge is -2.07. The summed E-state index contributed by atoms with van der Waals surface area (Å²) in [6.07, 6.45) is 1.38. The Kier molecular flexibility index (Phi) is 5.72. The van der Waals surface area contributed by atoms with Crippen molar-refractivity contribution in [3.8, 4) is 5.75 Å². The maximum absolute atomic E-state index is 12.8. The Labute approximate surface area is 151 Å². The third kappa shape index (κ3) is 5.27. The lowest BCUT2D eigenvalue weighted by atomic mass is 10.2. The zero-order chi connectivity index (χ0) is 18.2. The van der Waals surface area contributed by atoms with Crippen molar-refractivity contribution in [2.45, 2.75) is 6.61 Å². The minimum Gasteiger partial charge on any atom is -0.489 e. The van der Waals surface area contributed by atoms with Gasteiger partial charge in [0.05, 0.1) is 0 Å². The molecule has 0 saturated carbocycles. The summed E-state index contributed by atoms with van der Waals surface area (Å²) in [6.45, 7) is 0.481. The number of hydrogen-bond acceptors (Lipinski definition) is 2. The second-order valence-corrected chi connectivity index (χ2v) is 5.54. The molecule has 26 heavy (non-hydrogen) atoms. The molecule has 0 unspecified atom stereocenters. The Bertz CT molecular complexity index is 876. The molecule has 1 N–H and O–H groups in total. The van der Waals surface area contributed by atoms with Gasteiger partial charge in [0.2, 0.25) is 0 Å². The zero-order valence-corrected chi connectivity index (χ0v) is 13.9. The highest BCUT2D eigenvalue weighted by atomic mass is 19.1. The van der Waals surface area contributed by atoms with Crippen molar-refractivity contribution in [3.05, 3.63) is 95.8 Å². The van der Waals surface area contributed by atoms with Crippen LogP contribution in [0.25, 0.3) is 0 Å². The fraction of sp³-hybridized carbons (Fsp3) is 0.0476. The van der Waals surface area contributed by atoms with E-state index < -0.39 is 6.03 Å². The van der Waals surface area contributed by atoms with Crippen molar-refractivity contribution in [3.63, 3.8) is 0 Å². The Morgan fingerprint density at radius 1 is 0.962 bits per heavy atom. The highest BCUT2D eigenvalue weighted by molar-refractivity contribution is 5.97. The number of nitrogens with zero attached hydrogens (tertiary/aromatic N) is 1. The molecule has 4 nitrogen and oxygen atoms in total. The molecule has 0 bridgehead atoms. The van der Waals surface area contributed by atoms with E-state index in [0.29, 0.717) is 23.6 Å². The molecule has 2 amide bonds. The van der Waals surface area contributed by atoms with Gasteiger partial charge in [0.25, 0.3) is 0 Å². The van der Waals surface area contributed by atoms with Crippen LogP contribution in [0.3, 0.4) is 0 Å². The molecular weight excluding hydrogens is 331 g/mol. The van der Waals surface area contributed by atoms with Gasteiger partial charge in [-0.25, -0.2) is 14.2 Å². The van der Waals surface area contributed by atoms with Crippen molar-refractivity contribution in [2.24, 2.45) is 4.99 Å². The molecule has 0 fully saturated rings. The van der Waals surface area contributed by atoms with Gasteiger partial charge in [0, 0.05) is 11.9 Å². The SMILES string of the molecule is O=C(N=Cc1ccc(F)cc1)Nc1ccc(OCc2ccccc2)cc1. The van der Waals surface area contributed by atoms with E-state index in [-0.39, 0.29) is 5.82 Å². The summed E-state index contributed by atoms with van der Waals surface area (Å²) in [4.78, 5) is 15.6. The summed E-state index contributed by atoms with van der Waals surface area (Å²) >= 11 is 0. The van der Waals surface area contributed by atoms with Crippen LogP contribution in [-0.2, 0) is 6.61 Å². The molecule has 0 atom stereocenters. The van der Waals surface area contributed by atoms with E-state index in [9.17, 15) is 9.18 Å². The van der Waals surface area contributed by atoms with Crippen LogP contribution in [-0.4, -0.2) is 12.2 Å². The first-order valence-electron chi connectivity index (χ1n) is 8.06. The molecule has 0 heterocycles. The van der Waals surface area contributed by atoms with Crippen molar-refractivity contribution in [1.82, 2.24) is 0 Å². The minimum absolute atomic E-state index is 0.332. The third-order valence-corrected chi connectivity index (χ3v) is 3.55. The Morgan fingerprint density at radius 3 is 2.35 bits per heavy atom. The summed E-state index contributed by atoms with van der Waals surface area (Å²) < 4.78 is 18.5. The predicted octanol–water partition coefficient (Wildman–Crippen LogP) is 5.06. The third-order valence-electron chi connectivity index (χ3n) is 3.55. The number of aliphatic imine (C=N–C) groups is 1. The van der Waals surface area contributed by atoms with Crippen molar-refractivity contribution in [1.29, 1.82) is 0 Å². The maximum atomic E-state index is 12.8. The smallest absolute Gasteiger partial charge is 0.345 e. The molecule has 5 heteroatoms. The number of hydrogen-bond donors (Lipinski definition) is 1. The standard InChI is InChI=1S/C21H17FN2O2/c22-18-8-6-16(7-9-18)14-23-21(25)24-19-10-12-20(13-11-19)26-15-17-4-2-1-3-5-17/h1-14H,15H2,(H,24,25). The number of carbonyl (C=O) groups is 1. The van der Waals surface area contributed by atoms with E-state index in [1.807, 2.05) is 30.3 Å². The number of benzene rings is 3. The van der Waals surface area contributed by atoms with Crippen molar-refractivity contribution in [2.75, 3.05) is 5.32 Å². The van der Waals surface area contributed by atoms with E-state index in [4.69, 9.17) is 4.74 Å². The molecule has 0 radical (unpaired) electrons. The molecule has 0 aliphatic rings. The van der Waals surface area contributed by atoms with Crippen LogP contribution in [0.5, 0.6) is 5.75 Å². The van der Waals surface area contributed by atoms with Gasteiger partial charge >= 0.3 is 6.03 Å². The number of rotatable bonds is 5. The first kappa shape index (κ1) is 17.4. The number of amides is 2. The van der Waals surface area contributed by atoms with Crippen LogP contribution in [0.4, 0.5) is 14.9 Å². The Morgan fingerprint density at radius 2 is 1.65 bits per heavy atom. The minimum atomic E-state index is -0.507. The number of nitrogens with one attached hydrogen (secondary N) is 1. The van der Waals surface area contributed by atoms with E-state index in [1.165, 1.54) is 18.3 Å². The lowest BCUT2D eigenvalue weighted by Crippen LogP contribution is -2.06. The highest BCUT2D eigenvalue weighted by Crippen LogP contribution is 2.17. The van der Waals surface area contributed by atoms with Crippen LogP contribution in [0.1, 0.15) is 11.1 Å². The fourth-order valence-corrected chi connectivity index (χ4v) is 2.21. The van der Waals surface area contributed by atoms with Gasteiger partial charge in [-0.1, -0.05) is 42.5 Å². The molecule has 3 rings (SSSR count). The second-order valence-electron chi connectivity index (χ2n) is 5.54. The largest absolute Gasteiger partial charge is 0.489 e. The number of carbonyl (C=O) groups excluding carboxylic acids is 1. The summed E-state index contributed by atoms with van der Waals surface area (Å²) in [5.41, 5.74) is 2.34. The molecule has 130 valence electrons. The number of urea groups is 1. The molecule has 0 aliphatic heterocycles. The Hall–Kier alpha value is -3.47. The van der Waals surface area contributed by atoms with Gasteiger partial charge in [-0.05, 0) is 47.5 Å². The van der Waals surface area contributed by atoms with E-state index in [0.717, 1.165) is 5.56 Å². The number of halogens is 1. The van der Waals surface area contributed by atoms with Crippen LogP contribution < -0.4 is 10.1 Å². The topological polar surface area (TPSA) is 50.7 Å². The van der Waals surface area contributed by atoms with Gasteiger partial charge < -0.3 is 10.1 Å². The van der Waals surface area contributed by atoms with E-state index in [2.05, 4.69) is 10.3 Å². The Balaban J connectivity index is 1.51. The second kappa shape index (κ2) is 8.58. The molecule has 3 aromatic carbocycles. The molecular formula is C21H17FN2O2. The normalized spacial score (nSPS) is 10.7. The number of anilines is 1.